The first-order chi connectivity index (χ1) is 23.4. The number of aromatic nitrogens is 4. The molecule has 5 aromatic rings. The van der Waals surface area contributed by atoms with Crippen molar-refractivity contribution in [1.29, 1.82) is 0 Å². The van der Waals surface area contributed by atoms with Gasteiger partial charge in [0.1, 0.15) is 11.6 Å². The molecule has 10 nitrogen and oxygen atoms in total. The van der Waals surface area contributed by atoms with Crippen LogP contribution in [0.1, 0.15) is 12.8 Å². The van der Waals surface area contributed by atoms with Crippen LogP contribution in [0.4, 0.5) is 11.4 Å². The zero-order chi connectivity index (χ0) is 32.0. The number of hydrogen-bond donors (Lipinski definition) is 2. The topological polar surface area (TPSA) is 132 Å². The van der Waals surface area contributed by atoms with E-state index in [2.05, 4.69) is 34.3 Å². The van der Waals surface area contributed by atoms with E-state index < -0.39 is 0 Å². The number of fused-ring (bicyclic) bond motifs is 12. The molecule has 2 N–H and O–H groups in total. The molecule has 4 bridgehead atoms. The van der Waals surface area contributed by atoms with Gasteiger partial charge in [0.15, 0.2) is 0 Å². The third-order valence-corrected chi connectivity index (χ3v) is 11.8. The minimum absolute atomic E-state index is 0.0859. The molecule has 6 aliphatic rings. The maximum Gasteiger partial charge on any atom is 0.238 e. The van der Waals surface area contributed by atoms with Gasteiger partial charge in [0.2, 0.25) is 23.6 Å². The van der Waals surface area contributed by atoms with E-state index in [4.69, 9.17) is 9.97 Å². The molecule has 48 heavy (non-hydrogen) atoms. The van der Waals surface area contributed by atoms with Gasteiger partial charge >= 0.3 is 0 Å². The third kappa shape index (κ3) is 3.36. The SMILES string of the molecule is O=C1[C@@H]2[C@@H](C(=O)N1c1ccc3nc(-c4ccc5nc(-c6ccc(N7C(=O)[C@@H]8[C@H](C7=O)[C@H]7C=C[C@H]8C7)cc6)[nH]c5c4)[nH]c3c1)[C@H]1C=C[C@H]2C1. The molecule has 234 valence electrons. The largest absolute Gasteiger partial charge is 0.338 e. The predicted octanol–water partition coefficient (Wildman–Crippen LogP) is 5.40. The van der Waals surface area contributed by atoms with Crippen LogP contribution < -0.4 is 9.80 Å². The number of allylic oxidation sites excluding steroid dienone is 4. The van der Waals surface area contributed by atoms with Crippen molar-refractivity contribution in [3.63, 3.8) is 0 Å². The number of H-pyrrole nitrogens is 2. The maximum absolute atomic E-state index is 13.3. The zero-order valence-corrected chi connectivity index (χ0v) is 25.5. The molecular weight excluding hydrogens is 604 g/mol. The van der Waals surface area contributed by atoms with E-state index in [9.17, 15) is 19.2 Å². The molecule has 4 amide bonds. The summed E-state index contributed by atoms with van der Waals surface area (Å²) in [5.41, 5.74) is 5.97. The molecule has 0 radical (unpaired) electrons. The Morgan fingerprint density at radius 3 is 1.46 bits per heavy atom. The molecule has 4 heterocycles. The normalized spacial score (nSPS) is 31.1. The number of nitrogens with zero attached hydrogens (tertiary/aromatic N) is 4. The average molecular weight is 633 g/mol. The molecule has 0 spiro atoms. The average Bonchev–Trinajstić information content (AvgIpc) is 3.95. The number of nitrogens with one attached hydrogen (secondary N) is 2. The quantitative estimate of drug-likeness (QED) is 0.202. The fourth-order valence-electron chi connectivity index (χ4n) is 9.65. The zero-order valence-electron chi connectivity index (χ0n) is 25.5. The number of imidazole rings is 2. The highest BCUT2D eigenvalue weighted by Gasteiger charge is 2.60. The number of aromatic amines is 2. The first-order valence-corrected chi connectivity index (χ1v) is 16.6. The molecule has 2 saturated carbocycles. The number of benzene rings is 3. The number of carbonyl (C=O) groups is 4. The molecule has 4 fully saturated rings. The highest BCUT2D eigenvalue weighted by molar-refractivity contribution is 6.24. The molecule has 11 rings (SSSR count). The Morgan fingerprint density at radius 2 is 0.917 bits per heavy atom. The lowest BCUT2D eigenvalue weighted by atomic mass is 9.85. The van der Waals surface area contributed by atoms with Gasteiger partial charge in [-0.25, -0.2) is 14.9 Å². The number of hydrogen-bond acceptors (Lipinski definition) is 6. The standard InChI is InChI=1S/C38H28N6O4/c45-35-29-18-1-2-19(13-18)30(29)36(46)43(35)23-8-5-17(6-9-23)33-39-25-11-7-22(15-27(25)41-33)34-40-26-12-10-24(16-28(26)42-34)44-37(47)31-20-3-4-21(14-20)32(31)38(44)48/h1-12,15-16,18-21,29-32H,13-14H2,(H,39,41)(H,40,42)/t18-,19-,20-,21-,29-,30+,31-,32-/m0/s1. The Morgan fingerprint density at radius 1 is 0.500 bits per heavy atom. The summed E-state index contributed by atoms with van der Waals surface area (Å²) in [4.78, 5) is 72.3. The van der Waals surface area contributed by atoms with E-state index in [0.29, 0.717) is 23.0 Å². The second-order valence-electron chi connectivity index (χ2n) is 14.2. The van der Waals surface area contributed by atoms with Crippen molar-refractivity contribution < 1.29 is 19.2 Å². The molecule has 10 heteroatoms. The van der Waals surface area contributed by atoms with Crippen molar-refractivity contribution in [3.05, 3.63) is 85.0 Å². The van der Waals surface area contributed by atoms with Gasteiger partial charge in [0.25, 0.3) is 0 Å². The van der Waals surface area contributed by atoms with E-state index in [1.807, 2.05) is 54.6 Å². The number of anilines is 2. The lowest BCUT2D eigenvalue weighted by molar-refractivity contribution is -0.124. The molecule has 2 saturated heterocycles. The van der Waals surface area contributed by atoms with Crippen LogP contribution in [-0.4, -0.2) is 43.6 Å². The van der Waals surface area contributed by atoms with Gasteiger partial charge in [-0.05, 0) is 97.2 Å². The molecule has 4 aliphatic carbocycles. The van der Waals surface area contributed by atoms with E-state index >= 15 is 0 Å². The molecule has 0 unspecified atom stereocenters. The molecule has 2 aromatic heterocycles. The summed E-state index contributed by atoms with van der Waals surface area (Å²) < 4.78 is 0. The van der Waals surface area contributed by atoms with Crippen LogP contribution in [0, 0.1) is 47.3 Å². The van der Waals surface area contributed by atoms with Crippen LogP contribution in [-0.2, 0) is 19.2 Å². The Labute approximate surface area is 273 Å². The van der Waals surface area contributed by atoms with Crippen molar-refractivity contribution in [1.82, 2.24) is 19.9 Å². The van der Waals surface area contributed by atoms with Crippen LogP contribution in [0.5, 0.6) is 0 Å². The fraction of sp³-hybridized carbons (Fsp3) is 0.263. The summed E-state index contributed by atoms with van der Waals surface area (Å²) in [6.45, 7) is 0. The number of imide groups is 2. The first kappa shape index (κ1) is 26.4. The summed E-state index contributed by atoms with van der Waals surface area (Å²) in [5, 5.41) is 0. The van der Waals surface area contributed by atoms with Crippen molar-refractivity contribution in [2.24, 2.45) is 47.3 Å². The summed E-state index contributed by atoms with van der Waals surface area (Å²) in [6, 6.07) is 18.8. The Hall–Kier alpha value is -5.64. The Balaban J connectivity index is 0.860. The minimum Gasteiger partial charge on any atom is -0.338 e. The molecular formula is C38H28N6O4. The molecule has 2 aliphatic heterocycles. The van der Waals surface area contributed by atoms with Gasteiger partial charge in [-0.3, -0.25) is 24.1 Å². The van der Waals surface area contributed by atoms with Crippen molar-refractivity contribution in [2.45, 2.75) is 12.8 Å². The molecule has 8 atom stereocenters. The number of carbonyl (C=O) groups excluding carboxylic acids is 4. The Bertz CT molecular complexity index is 2310. The lowest BCUT2D eigenvalue weighted by Gasteiger charge is -2.17. The van der Waals surface area contributed by atoms with Gasteiger partial charge in [-0.1, -0.05) is 24.3 Å². The van der Waals surface area contributed by atoms with Crippen LogP contribution in [0.25, 0.3) is 44.8 Å². The smallest absolute Gasteiger partial charge is 0.238 e. The number of amides is 4. The van der Waals surface area contributed by atoms with Gasteiger partial charge < -0.3 is 9.97 Å². The summed E-state index contributed by atoms with van der Waals surface area (Å²) in [6.07, 6.45) is 10.2. The van der Waals surface area contributed by atoms with Gasteiger partial charge in [0, 0.05) is 11.1 Å². The summed E-state index contributed by atoms with van der Waals surface area (Å²) in [5.74, 6) is 0.732. The summed E-state index contributed by atoms with van der Waals surface area (Å²) >= 11 is 0. The lowest BCUT2D eigenvalue weighted by Crippen LogP contribution is -2.32. The molecule has 3 aromatic carbocycles. The summed E-state index contributed by atoms with van der Waals surface area (Å²) in [7, 11) is 0. The predicted molar refractivity (Wildman–Crippen MR) is 177 cm³/mol. The number of rotatable bonds is 4. The second-order valence-corrected chi connectivity index (χ2v) is 14.2. The second kappa shape index (κ2) is 9.03. The third-order valence-electron chi connectivity index (χ3n) is 11.8. The van der Waals surface area contributed by atoms with Gasteiger partial charge in [-0.15, -0.1) is 0 Å². The van der Waals surface area contributed by atoms with Crippen molar-refractivity contribution in [2.75, 3.05) is 9.80 Å². The first-order valence-electron chi connectivity index (χ1n) is 16.6. The van der Waals surface area contributed by atoms with Crippen LogP contribution in [0.2, 0.25) is 0 Å². The Kier molecular flexibility index (Phi) is 4.97. The van der Waals surface area contributed by atoms with Crippen molar-refractivity contribution >= 4 is 57.1 Å². The van der Waals surface area contributed by atoms with Crippen LogP contribution in [0.3, 0.4) is 0 Å². The fourth-order valence-corrected chi connectivity index (χ4v) is 9.65. The highest BCUT2D eigenvalue weighted by Crippen LogP contribution is 2.54. The van der Waals surface area contributed by atoms with Crippen LogP contribution in [0.15, 0.2) is 85.0 Å². The maximum atomic E-state index is 13.3. The monoisotopic (exact) mass is 632 g/mol. The van der Waals surface area contributed by atoms with E-state index in [1.54, 1.807) is 6.07 Å². The minimum atomic E-state index is -0.240. The van der Waals surface area contributed by atoms with E-state index in [0.717, 1.165) is 46.0 Å². The highest BCUT2D eigenvalue weighted by atomic mass is 16.2. The van der Waals surface area contributed by atoms with Gasteiger partial charge in [-0.2, -0.15) is 0 Å². The van der Waals surface area contributed by atoms with E-state index in [1.165, 1.54) is 9.80 Å². The van der Waals surface area contributed by atoms with Crippen molar-refractivity contribution in [3.8, 4) is 22.8 Å². The van der Waals surface area contributed by atoms with Crippen LogP contribution >= 0.6 is 0 Å². The van der Waals surface area contributed by atoms with Gasteiger partial charge in [0.05, 0.1) is 57.1 Å². The van der Waals surface area contributed by atoms with E-state index in [-0.39, 0.29) is 71.0 Å².